The Balaban J connectivity index is 2.33. The summed E-state index contributed by atoms with van der Waals surface area (Å²) >= 11 is 12.7. The van der Waals surface area contributed by atoms with E-state index in [1.54, 1.807) is 12.1 Å². The molecule has 0 N–H and O–H groups in total. The minimum Gasteiger partial charge on any atom is -0.493 e. The third-order valence-electron chi connectivity index (χ3n) is 2.78. The highest BCUT2D eigenvalue weighted by Gasteiger charge is 2.16. The van der Waals surface area contributed by atoms with Crippen molar-refractivity contribution in [1.29, 1.82) is 0 Å². The first-order valence-electron chi connectivity index (χ1n) is 6.04. The summed E-state index contributed by atoms with van der Waals surface area (Å²) in [6.45, 7) is 2.53. The molecule has 2 aromatic carbocycles. The van der Waals surface area contributed by atoms with E-state index in [2.05, 4.69) is 31.9 Å². The van der Waals surface area contributed by atoms with Crippen molar-refractivity contribution in [3.05, 3.63) is 62.8 Å². The molecule has 2 aromatic rings. The van der Waals surface area contributed by atoms with Crippen LogP contribution in [0.15, 0.2) is 40.9 Å². The lowest BCUT2D eigenvalue weighted by atomic mass is 10.0. The van der Waals surface area contributed by atoms with Gasteiger partial charge in [0, 0.05) is 10.6 Å². The molecule has 0 bridgehead atoms. The van der Waals surface area contributed by atoms with Gasteiger partial charge in [0.05, 0.1) is 15.9 Å². The van der Waals surface area contributed by atoms with Crippen LogP contribution in [0.1, 0.15) is 22.9 Å². The largest absolute Gasteiger partial charge is 0.493 e. The van der Waals surface area contributed by atoms with E-state index in [9.17, 15) is 4.39 Å². The number of alkyl halides is 1. The van der Waals surface area contributed by atoms with E-state index >= 15 is 0 Å². The summed E-state index contributed by atoms with van der Waals surface area (Å²) < 4.78 is 20.2. The fourth-order valence-electron chi connectivity index (χ4n) is 1.83. The van der Waals surface area contributed by atoms with Gasteiger partial charge in [-0.15, -0.1) is 0 Å². The monoisotopic (exact) mass is 420 g/mol. The SMILES string of the molecule is CCOc1ccc(C(Br)c2ccc(Cl)cc2F)cc1Br. The van der Waals surface area contributed by atoms with Crippen LogP contribution < -0.4 is 4.74 Å². The zero-order chi connectivity index (χ0) is 14.7. The van der Waals surface area contributed by atoms with Crippen molar-refractivity contribution in [3.63, 3.8) is 0 Å². The highest BCUT2D eigenvalue weighted by molar-refractivity contribution is 9.10. The summed E-state index contributed by atoms with van der Waals surface area (Å²) in [7, 11) is 0. The fourth-order valence-corrected chi connectivity index (χ4v) is 3.16. The average Bonchev–Trinajstić information content (AvgIpc) is 2.40. The Morgan fingerprint density at radius 2 is 2.00 bits per heavy atom. The first-order chi connectivity index (χ1) is 9.52. The average molecular weight is 423 g/mol. The second kappa shape index (κ2) is 6.92. The number of ether oxygens (including phenoxy) is 1. The molecule has 106 valence electrons. The van der Waals surface area contributed by atoms with Crippen LogP contribution in [-0.4, -0.2) is 6.61 Å². The van der Waals surface area contributed by atoms with Gasteiger partial charge in [-0.25, -0.2) is 4.39 Å². The fraction of sp³-hybridized carbons (Fsp3) is 0.200. The maximum atomic E-state index is 13.9. The van der Waals surface area contributed by atoms with E-state index in [1.165, 1.54) is 6.07 Å². The normalized spacial score (nSPS) is 12.2. The molecule has 0 saturated carbocycles. The van der Waals surface area contributed by atoms with Crippen LogP contribution >= 0.6 is 43.5 Å². The molecule has 0 fully saturated rings. The van der Waals surface area contributed by atoms with Crippen LogP contribution in [0.2, 0.25) is 5.02 Å². The first-order valence-corrected chi connectivity index (χ1v) is 8.13. The smallest absolute Gasteiger partial charge is 0.133 e. The van der Waals surface area contributed by atoms with Gasteiger partial charge in [0.25, 0.3) is 0 Å². The zero-order valence-electron chi connectivity index (χ0n) is 10.7. The number of halogens is 4. The van der Waals surface area contributed by atoms with Gasteiger partial charge in [0.1, 0.15) is 11.6 Å². The van der Waals surface area contributed by atoms with E-state index in [4.69, 9.17) is 16.3 Å². The highest BCUT2D eigenvalue weighted by Crippen LogP contribution is 2.36. The summed E-state index contributed by atoms with van der Waals surface area (Å²) in [5.74, 6) is 0.442. The van der Waals surface area contributed by atoms with E-state index in [0.29, 0.717) is 17.2 Å². The second-order valence-electron chi connectivity index (χ2n) is 4.15. The van der Waals surface area contributed by atoms with Gasteiger partial charge in [-0.1, -0.05) is 39.7 Å². The van der Waals surface area contributed by atoms with Crippen molar-refractivity contribution < 1.29 is 9.13 Å². The lowest BCUT2D eigenvalue weighted by Crippen LogP contribution is -1.98. The molecule has 0 aromatic heterocycles. The van der Waals surface area contributed by atoms with Crippen molar-refractivity contribution in [2.45, 2.75) is 11.8 Å². The van der Waals surface area contributed by atoms with E-state index in [1.807, 2.05) is 25.1 Å². The molecule has 0 aliphatic rings. The summed E-state index contributed by atoms with van der Waals surface area (Å²) in [5.41, 5.74) is 1.48. The Bertz CT molecular complexity index is 619. The quantitative estimate of drug-likeness (QED) is 0.539. The Hall–Kier alpha value is -0.580. The minimum atomic E-state index is -0.329. The lowest BCUT2D eigenvalue weighted by molar-refractivity contribution is 0.338. The van der Waals surface area contributed by atoms with E-state index in [-0.39, 0.29) is 10.6 Å². The predicted molar refractivity (Wildman–Crippen MR) is 87.5 cm³/mol. The number of hydrogen-bond acceptors (Lipinski definition) is 1. The van der Waals surface area contributed by atoms with Crippen LogP contribution in [0.25, 0.3) is 0 Å². The van der Waals surface area contributed by atoms with Crippen molar-refractivity contribution in [1.82, 2.24) is 0 Å². The van der Waals surface area contributed by atoms with Gasteiger partial charge in [-0.05, 0) is 52.7 Å². The van der Waals surface area contributed by atoms with Crippen LogP contribution in [0.3, 0.4) is 0 Å². The van der Waals surface area contributed by atoms with Gasteiger partial charge >= 0.3 is 0 Å². The molecule has 0 heterocycles. The van der Waals surface area contributed by atoms with Gasteiger partial charge in [-0.3, -0.25) is 0 Å². The Kier molecular flexibility index (Phi) is 5.47. The summed E-state index contributed by atoms with van der Waals surface area (Å²) in [5, 5.41) is 0.388. The Labute approximate surface area is 139 Å². The van der Waals surface area contributed by atoms with Crippen molar-refractivity contribution >= 4 is 43.5 Å². The molecular formula is C15H12Br2ClFO. The van der Waals surface area contributed by atoms with Crippen LogP contribution in [-0.2, 0) is 0 Å². The standard InChI is InChI=1S/C15H12Br2ClFO/c1-2-20-14-6-3-9(7-12(14)16)15(17)11-5-4-10(18)8-13(11)19/h3-8,15H,2H2,1H3. The molecule has 5 heteroatoms. The van der Waals surface area contributed by atoms with Gasteiger partial charge in [0.15, 0.2) is 0 Å². The molecule has 1 unspecified atom stereocenters. The van der Waals surface area contributed by atoms with Crippen molar-refractivity contribution in [3.8, 4) is 5.75 Å². The van der Waals surface area contributed by atoms with E-state index < -0.39 is 0 Å². The lowest BCUT2D eigenvalue weighted by Gasteiger charge is -2.14. The molecule has 0 aliphatic carbocycles. The van der Waals surface area contributed by atoms with Crippen molar-refractivity contribution in [2.24, 2.45) is 0 Å². The zero-order valence-corrected chi connectivity index (χ0v) is 14.6. The number of rotatable bonds is 4. The van der Waals surface area contributed by atoms with Gasteiger partial charge in [-0.2, -0.15) is 0 Å². The third kappa shape index (κ3) is 3.54. The topological polar surface area (TPSA) is 9.23 Å². The highest BCUT2D eigenvalue weighted by atomic mass is 79.9. The van der Waals surface area contributed by atoms with Crippen LogP contribution in [0.4, 0.5) is 4.39 Å². The molecule has 0 spiro atoms. The maximum absolute atomic E-state index is 13.9. The number of benzene rings is 2. The predicted octanol–water partition coefficient (Wildman–Crippen LogP) is 6.12. The molecule has 0 aliphatic heterocycles. The molecular weight excluding hydrogens is 410 g/mol. The third-order valence-corrected chi connectivity index (χ3v) is 4.66. The van der Waals surface area contributed by atoms with E-state index in [0.717, 1.165) is 15.8 Å². The summed E-state index contributed by atoms with van der Waals surface area (Å²) in [4.78, 5) is -0.244. The first kappa shape index (κ1) is 15.8. The molecule has 1 atom stereocenters. The van der Waals surface area contributed by atoms with Gasteiger partial charge in [0.2, 0.25) is 0 Å². The Morgan fingerprint density at radius 1 is 1.25 bits per heavy atom. The molecule has 0 amide bonds. The second-order valence-corrected chi connectivity index (χ2v) is 6.36. The summed E-state index contributed by atoms with van der Waals surface area (Å²) in [6, 6.07) is 10.4. The molecule has 0 radical (unpaired) electrons. The Morgan fingerprint density at radius 3 is 2.60 bits per heavy atom. The minimum absolute atomic E-state index is 0.244. The van der Waals surface area contributed by atoms with Crippen LogP contribution in [0.5, 0.6) is 5.75 Å². The molecule has 20 heavy (non-hydrogen) atoms. The molecule has 0 saturated heterocycles. The number of hydrogen-bond donors (Lipinski definition) is 0. The van der Waals surface area contributed by atoms with Crippen molar-refractivity contribution in [2.75, 3.05) is 6.61 Å². The molecule has 2 rings (SSSR count). The molecule has 1 nitrogen and oxygen atoms in total. The maximum Gasteiger partial charge on any atom is 0.133 e. The van der Waals surface area contributed by atoms with Gasteiger partial charge < -0.3 is 4.74 Å². The van der Waals surface area contributed by atoms with Crippen LogP contribution in [0, 0.1) is 5.82 Å². The summed E-state index contributed by atoms with van der Waals surface area (Å²) in [6.07, 6.45) is 0.